The normalized spacial score (nSPS) is 15.9. The van der Waals surface area contributed by atoms with Gasteiger partial charge in [0.05, 0.1) is 0 Å². The molecule has 0 atom stereocenters. The predicted molar refractivity (Wildman–Crippen MR) is 49.6 cm³/mol. The fourth-order valence-corrected chi connectivity index (χ4v) is 0.783. The zero-order valence-electron chi connectivity index (χ0n) is 6.60. The predicted octanol–water partition coefficient (Wildman–Crippen LogP) is -1.33. The molecule has 0 aliphatic carbocycles. The van der Waals surface area contributed by atoms with Crippen LogP contribution in [0.2, 0.25) is 0 Å². The number of likely N-dealkylation sites (tertiary alicyclic amines) is 1. The van der Waals surface area contributed by atoms with Crippen LogP contribution in [0.1, 0.15) is 12.8 Å². The molecule has 1 fully saturated rings. The summed E-state index contributed by atoms with van der Waals surface area (Å²) in [6.45, 7) is 0.957. The lowest BCUT2D eigenvalue weighted by atomic mass is 10.4. The second-order valence-corrected chi connectivity index (χ2v) is 3.26. The molecule has 1 rings (SSSR count). The van der Waals surface area contributed by atoms with Gasteiger partial charge in [0, 0.05) is 20.0 Å². The summed E-state index contributed by atoms with van der Waals surface area (Å²) in [4.78, 5) is 12.3. The molecule has 6 nitrogen and oxygen atoms in total. The molecular formula is C5H13MgNO5S. The minimum Gasteiger partial charge on any atom is -0.346 e. The molecule has 2 N–H and O–H groups in total. The van der Waals surface area contributed by atoms with Gasteiger partial charge in [0.25, 0.3) is 0 Å². The molecule has 1 saturated heterocycles. The van der Waals surface area contributed by atoms with Crippen LogP contribution in [-0.4, -0.2) is 65.0 Å². The summed E-state index contributed by atoms with van der Waals surface area (Å²) < 4.78 is 31.6. The minimum absolute atomic E-state index is 0. The summed E-state index contributed by atoms with van der Waals surface area (Å²) in [6.07, 6.45) is 1.81. The molecular weight excluding hydrogens is 210 g/mol. The molecule has 0 unspecified atom stereocenters. The van der Waals surface area contributed by atoms with Gasteiger partial charge in [-0.15, -0.1) is 0 Å². The van der Waals surface area contributed by atoms with Gasteiger partial charge in [-0.2, -0.15) is 8.42 Å². The molecule has 0 radical (unpaired) electrons. The second kappa shape index (κ2) is 6.54. The zero-order chi connectivity index (χ0) is 9.78. The second-order valence-electron chi connectivity index (χ2n) is 2.37. The first-order chi connectivity index (χ1) is 5.30. The quantitative estimate of drug-likeness (QED) is 0.392. The Bertz CT molecular complexity index is 244. The van der Waals surface area contributed by atoms with Gasteiger partial charge in [-0.1, -0.05) is 0 Å². The van der Waals surface area contributed by atoms with E-state index < -0.39 is 10.4 Å². The van der Waals surface area contributed by atoms with Gasteiger partial charge in [0.15, 0.2) is 0 Å². The van der Waals surface area contributed by atoms with Crippen molar-refractivity contribution in [3.63, 3.8) is 0 Å². The van der Waals surface area contributed by atoms with Crippen molar-refractivity contribution in [2.45, 2.75) is 12.8 Å². The highest BCUT2D eigenvalue weighted by Gasteiger charge is 2.14. The summed E-state index contributed by atoms with van der Waals surface area (Å²) in [6, 6.07) is 0. The molecule has 8 heteroatoms. The molecule has 0 spiro atoms. The van der Waals surface area contributed by atoms with Crippen molar-refractivity contribution in [3.8, 4) is 0 Å². The number of carbonyl (C=O) groups excluding carboxylic acids is 1. The smallest absolute Gasteiger partial charge is 0.346 e. The molecule has 0 aromatic rings. The molecule has 0 bridgehead atoms. The van der Waals surface area contributed by atoms with Crippen molar-refractivity contribution in [1.29, 1.82) is 0 Å². The van der Waals surface area contributed by atoms with Crippen LogP contribution in [0.15, 0.2) is 0 Å². The van der Waals surface area contributed by atoms with Gasteiger partial charge in [0.1, 0.15) is 0 Å². The fraction of sp³-hybridized carbons (Fsp3) is 0.800. The van der Waals surface area contributed by atoms with Crippen molar-refractivity contribution in [3.05, 3.63) is 0 Å². The van der Waals surface area contributed by atoms with E-state index in [4.69, 9.17) is 17.5 Å². The highest BCUT2D eigenvalue weighted by Crippen LogP contribution is 2.04. The van der Waals surface area contributed by atoms with Crippen molar-refractivity contribution < 1.29 is 22.3 Å². The van der Waals surface area contributed by atoms with Crippen LogP contribution in [0, 0.1) is 0 Å². The Morgan fingerprint density at radius 2 is 1.77 bits per heavy atom. The lowest BCUT2D eigenvalue weighted by Gasteiger charge is -2.03. The van der Waals surface area contributed by atoms with Gasteiger partial charge in [-0.25, -0.2) is 0 Å². The third-order valence-corrected chi connectivity index (χ3v) is 1.31. The summed E-state index contributed by atoms with van der Waals surface area (Å²) >= 11 is 0. The van der Waals surface area contributed by atoms with Crippen molar-refractivity contribution in [1.82, 2.24) is 4.90 Å². The topological polar surface area (TPSA) is 94.9 Å². The van der Waals surface area contributed by atoms with Crippen LogP contribution in [0.3, 0.4) is 0 Å². The number of nitrogens with zero attached hydrogens (tertiary/aromatic N) is 1. The largest absolute Gasteiger partial charge is 0.394 e. The third-order valence-electron chi connectivity index (χ3n) is 1.31. The zero-order valence-corrected chi connectivity index (χ0v) is 7.41. The molecule has 1 heterocycles. The molecule has 1 amide bonds. The van der Waals surface area contributed by atoms with E-state index in [1.807, 2.05) is 7.05 Å². The summed E-state index contributed by atoms with van der Waals surface area (Å²) in [5.74, 6) is 0.292. The first-order valence-electron chi connectivity index (χ1n) is 3.24. The van der Waals surface area contributed by atoms with E-state index in [1.54, 1.807) is 4.90 Å². The van der Waals surface area contributed by atoms with Crippen LogP contribution in [0.4, 0.5) is 0 Å². The molecule has 76 valence electrons. The maximum atomic E-state index is 10.5. The molecule has 1 aliphatic rings. The Kier molecular flexibility index (Phi) is 7.84. The minimum atomic E-state index is -4.67. The maximum absolute atomic E-state index is 10.5. The van der Waals surface area contributed by atoms with E-state index >= 15 is 0 Å². The van der Waals surface area contributed by atoms with Gasteiger partial charge in [-0.05, 0) is 6.42 Å². The molecule has 13 heavy (non-hydrogen) atoms. The number of hydrogen-bond acceptors (Lipinski definition) is 3. The summed E-state index contributed by atoms with van der Waals surface area (Å²) in [5, 5.41) is 0. The molecule has 0 aromatic carbocycles. The first-order valence-corrected chi connectivity index (χ1v) is 4.64. The highest BCUT2D eigenvalue weighted by atomic mass is 32.3. The van der Waals surface area contributed by atoms with E-state index in [1.165, 1.54) is 0 Å². The molecule has 0 saturated carbocycles. The van der Waals surface area contributed by atoms with Gasteiger partial charge < -0.3 is 4.90 Å². The van der Waals surface area contributed by atoms with Gasteiger partial charge >= 0.3 is 33.5 Å². The van der Waals surface area contributed by atoms with Gasteiger partial charge in [0.2, 0.25) is 5.91 Å². The highest BCUT2D eigenvalue weighted by molar-refractivity contribution is 7.79. The van der Waals surface area contributed by atoms with Crippen LogP contribution in [0.5, 0.6) is 0 Å². The van der Waals surface area contributed by atoms with E-state index in [0.717, 1.165) is 19.4 Å². The van der Waals surface area contributed by atoms with E-state index in [9.17, 15) is 4.79 Å². The van der Waals surface area contributed by atoms with Crippen LogP contribution < -0.4 is 0 Å². The number of amides is 1. The third kappa shape index (κ3) is 12.1. The Hall–Kier alpha value is 0.106. The van der Waals surface area contributed by atoms with E-state index in [-0.39, 0.29) is 23.1 Å². The monoisotopic (exact) mass is 223 g/mol. The van der Waals surface area contributed by atoms with Crippen LogP contribution in [-0.2, 0) is 15.2 Å². The summed E-state index contributed by atoms with van der Waals surface area (Å²) in [5.41, 5.74) is 0. The number of hydrogen-bond donors (Lipinski definition) is 2. The van der Waals surface area contributed by atoms with Crippen LogP contribution in [0.25, 0.3) is 0 Å². The lowest BCUT2D eigenvalue weighted by molar-refractivity contribution is -0.126. The van der Waals surface area contributed by atoms with Crippen molar-refractivity contribution in [2.24, 2.45) is 0 Å². The SMILES string of the molecule is CN1CCCC1=O.O=S(=O)(O)O.[MgH2]. The van der Waals surface area contributed by atoms with Crippen LogP contribution >= 0.6 is 0 Å². The van der Waals surface area contributed by atoms with E-state index in [0.29, 0.717) is 5.91 Å². The molecule has 1 aliphatic heterocycles. The summed E-state index contributed by atoms with van der Waals surface area (Å²) in [7, 11) is -2.82. The number of carbonyl (C=O) groups is 1. The van der Waals surface area contributed by atoms with Gasteiger partial charge in [-0.3, -0.25) is 13.9 Å². The van der Waals surface area contributed by atoms with Crippen molar-refractivity contribution in [2.75, 3.05) is 13.6 Å². The average molecular weight is 224 g/mol. The van der Waals surface area contributed by atoms with Crippen molar-refractivity contribution >= 4 is 39.4 Å². The standard InChI is InChI=1S/C5H9NO.Mg.H2O4S.2H/c1-6-4-2-3-5(6)7;;1-5(2,3)4;;/h2-4H2,1H3;;(H2,1,2,3,4);;. The average Bonchev–Trinajstić information content (AvgIpc) is 2.12. The Morgan fingerprint density at radius 3 is 1.85 bits per heavy atom. The molecule has 0 aromatic heterocycles. The lowest BCUT2D eigenvalue weighted by Crippen LogP contribution is -2.17. The Balaban J connectivity index is 0. The van der Waals surface area contributed by atoms with E-state index in [2.05, 4.69) is 0 Å². The first kappa shape index (κ1) is 15.6. The number of rotatable bonds is 0. The Labute approximate surface area is 93.0 Å². The fourth-order valence-electron chi connectivity index (χ4n) is 0.783. The Morgan fingerprint density at radius 1 is 1.38 bits per heavy atom. The maximum Gasteiger partial charge on any atom is 0.394 e.